The van der Waals surface area contributed by atoms with Crippen LogP contribution in [0.4, 0.5) is 5.69 Å². The molecule has 1 aliphatic heterocycles. The van der Waals surface area contributed by atoms with Crippen LogP contribution >= 0.6 is 11.8 Å². The summed E-state index contributed by atoms with van der Waals surface area (Å²) < 4.78 is 15.0. The zero-order valence-corrected chi connectivity index (χ0v) is 22.0. The Bertz CT molecular complexity index is 1350. The Morgan fingerprint density at radius 3 is 2.47 bits per heavy atom. The molecule has 196 valence electrons. The summed E-state index contributed by atoms with van der Waals surface area (Å²) >= 11 is 1.66. The van der Waals surface area contributed by atoms with Crippen molar-refractivity contribution in [1.29, 1.82) is 0 Å². The van der Waals surface area contributed by atoms with Crippen LogP contribution in [0.3, 0.4) is 0 Å². The van der Waals surface area contributed by atoms with Crippen molar-refractivity contribution in [3.8, 4) is 0 Å². The summed E-state index contributed by atoms with van der Waals surface area (Å²) in [5, 5.41) is 13.3. The predicted molar refractivity (Wildman–Crippen MR) is 146 cm³/mol. The lowest BCUT2D eigenvalue weighted by atomic mass is 9.91. The van der Waals surface area contributed by atoms with Crippen LogP contribution in [0.2, 0.25) is 0 Å². The van der Waals surface area contributed by atoms with Gasteiger partial charge in [-0.15, -0.1) is 0 Å². The maximum absolute atomic E-state index is 12.5. The lowest BCUT2D eigenvalue weighted by Crippen LogP contribution is -2.38. The van der Waals surface area contributed by atoms with Gasteiger partial charge in [-0.3, -0.25) is 9.78 Å². The first kappa shape index (κ1) is 26.1. The summed E-state index contributed by atoms with van der Waals surface area (Å²) in [6.45, 7) is 2.14. The van der Waals surface area contributed by atoms with E-state index in [-0.39, 0.29) is 30.6 Å². The second-order valence-corrected chi connectivity index (χ2v) is 10.3. The number of imidazole rings is 1. The molecule has 0 aliphatic carbocycles. The number of nitrogens with zero attached hydrogens (tertiary/aromatic N) is 3. The molecule has 8 nitrogen and oxygen atoms in total. The van der Waals surface area contributed by atoms with Crippen LogP contribution in [-0.4, -0.2) is 37.4 Å². The van der Waals surface area contributed by atoms with Gasteiger partial charge in [-0.2, -0.15) is 0 Å². The number of benzene rings is 2. The molecule has 38 heavy (non-hydrogen) atoms. The van der Waals surface area contributed by atoms with Crippen LogP contribution in [0.15, 0.2) is 90.6 Å². The van der Waals surface area contributed by atoms with Crippen molar-refractivity contribution in [3.05, 3.63) is 108 Å². The topological polar surface area (TPSA) is 98.5 Å². The van der Waals surface area contributed by atoms with Gasteiger partial charge < -0.3 is 24.5 Å². The molecule has 2 aromatic heterocycles. The Morgan fingerprint density at radius 2 is 1.82 bits per heavy atom. The highest BCUT2D eigenvalue weighted by Crippen LogP contribution is 2.43. The number of hydrogen-bond acceptors (Lipinski definition) is 7. The molecule has 9 heteroatoms. The number of anilines is 1. The van der Waals surface area contributed by atoms with Crippen molar-refractivity contribution < 1.29 is 19.4 Å². The molecule has 4 aromatic rings. The van der Waals surface area contributed by atoms with E-state index in [4.69, 9.17) is 9.47 Å². The molecule has 0 radical (unpaired) electrons. The van der Waals surface area contributed by atoms with Gasteiger partial charge in [-0.25, -0.2) is 4.98 Å². The van der Waals surface area contributed by atoms with Crippen LogP contribution in [0.5, 0.6) is 0 Å². The molecule has 1 fully saturated rings. The second-order valence-electron chi connectivity index (χ2n) is 9.27. The number of aryl methyl sites for hydroxylation is 1. The van der Waals surface area contributed by atoms with Gasteiger partial charge in [0, 0.05) is 54.8 Å². The van der Waals surface area contributed by atoms with Crippen LogP contribution < -0.4 is 5.32 Å². The van der Waals surface area contributed by atoms with Crippen LogP contribution in [0, 0.1) is 5.92 Å². The number of hydrogen-bond donors (Lipinski definition) is 2. The minimum Gasteiger partial charge on any atom is -0.392 e. The molecular formula is C29H30N4O4S. The van der Waals surface area contributed by atoms with Crippen molar-refractivity contribution >= 4 is 23.4 Å². The summed E-state index contributed by atoms with van der Waals surface area (Å²) in [5.41, 5.74) is 3.92. The number of amides is 1. The fraction of sp³-hybridized carbons (Fsp3) is 0.276. The average Bonchev–Trinajstić information content (AvgIpc) is 3.38. The summed E-state index contributed by atoms with van der Waals surface area (Å²) in [6.07, 6.45) is 6.02. The highest BCUT2D eigenvalue weighted by Gasteiger charge is 2.38. The third kappa shape index (κ3) is 5.97. The third-order valence-corrected chi connectivity index (χ3v) is 7.79. The van der Waals surface area contributed by atoms with E-state index in [1.165, 1.54) is 6.20 Å². The van der Waals surface area contributed by atoms with Crippen LogP contribution in [0.1, 0.15) is 46.4 Å². The van der Waals surface area contributed by atoms with E-state index in [1.807, 2.05) is 66.3 Å². The molecule has 0 unspecified atom stereocenters. The number of ether oxygens (including phenoxy) is 2. The molecule has 1 saturated heterocycles. The zero-order chi connectivity index (χ0) is 26.5. The number of rotatable bonds is 8. The largest absolute Gasteiger partial charge is 0.392 e. The van der Waals surface area contributed by atoms with E-state index < -0.39 is 6.29 Å². The molecule has 4 atom stereocenters. The molecular weight excluding hydrogens is 500 g/mol. The fourth-order valence-electron chi connectivity index (χ4n) is 4.38. The number of carbonyl (C=O) groups excluding carboxylic acids is 1. The van der Waals surface area contributed by atoms with Gasteiger partial charge in [-0.1, -0.05) is 55.1 Å². The molecule has 2 aromatic carbocycles. The molecule has 1 aliphatic rings. The monoisotopic (exact) mass is 530 g/mol. The summed E-state index contributed by atoms with van der Waals surface area (Å²) in [7, 11) is 1.98. The number of nitrogens with one attached hydrogen (secondary N) is 1. The Balaban J connectivity index is 1.34. The van der Waals surface area contributed by atoms with Crippen molar-refractivity contribution in [3.63, 3.8) is 0 Å². The minimum absolute atomic E-state index is 0.000303. The zero-order valence-electron chi connectivity index (χ0n) is 21.2. The lowest BCUT2D eigenvalue weighted by molar-refractivity contribution is -0.268. The summed E-state index contributed by atoms with van der Waals surface area (Å²) in [6, 6.07) is 18.8. The number of aromatic nitrogens is 3. The highest BCUT2D eigenvalue weighted by molar-refractivity contribution is 7.99. The molecule has 0 bridgehead atoms. The van der Waals surface area contributed by atoms with Crippen molar-refractivity contribution in [2.45, 2.75) is 37.2 Å². The van der Waals surface area contributed by atoms with E-state index in [0.717, 1.165) is 27.6 Å². The normalized spacial score (nSPS) is 21.2. The number of aliphatic hydroxyl groups excluding tert-OH is 1. The van der Waals surface area contributed by atoms with Gasteiger partial charge >= 0.3 is 0 Å². The van der Waals surface area contributed by atoms with E-state index in [0.29, 0.717) is 11.3 Å². The lowest BCUT2D eigenvalue weighted by Gasteiger charge is -2.41. The maximum Gasteiger partial charge on any atom is 0.257 e. The Labute approximate surface area is 226 Å². The number of aliphatic hydroxyl groups is 1. The highest BCUT2D eigenvalue weighted by atomic mass is 32.2. The number of carbonyl (C=O) groups is 1. The number of thioether (sulfide) groups is 1. The van der Waals surface area contributed by atoms with Gasteiger partial charge in [0.2, 0.25) is 0 Å². The first-order chi connectivity index (χ1) is 18.5. The van der Waals surface area contributed by atoms with Gasteiger partial charge in [0.1, 0.15) is 0 Å². The SMILES string of the molecule is C[C@H]1[C@@H](CSc2nccn2C)O[C@@H](c2ccc(NC(=O)c3cccnc3)cc2)O[C@H]1c1ccc(CO)cc1. The van der Waals surface area contributed by atoms with Gasteiger partial charge in [-0.05, 0) is 35.4 Å². The van der Waals surface area contributed by atoms with E-state index in [2.05, 4.69) is 22.2 Å². The summed E-state index contributed by atoms with van der Waals surface area (Å²) in [4.78, 5) is 20.9. The predicted octanol–water partition coefficient (Wildman–Crippen LogP) is 5.14. The Morgan fingerprint density at radius 1 is 1.05 bits per heavy atom. The van der Waals surface area contributed by atoms with E-state index in [9.17, 15) is 9.90 Å². The molecule has 5 rings (SSSR count). The van der Waals surface area contributed by atoms with E-state index in [1.54, 1.807) is 36.3 Å². The molecule has 0 spiro atoms. The van der Waals surface area contributed by atoms with Gasteiger partial charge in [0.05, 0.1) is 24.4 Å². The molecule has 2 N–H and O–H groups in total. The second kappa shape index (κ2) is 11.9. The standard InChI is InChI=1S/C29H30N4O4S/c1-19-25(18-38-29-31-14-15-33(29)2)36-28(37-26(19)21-7-5-20(17-34)6-8-21)22-9-11-24(12-10-22)32-27(35)23-4-3-13-30-16-23/h3-16,19,25-26,28,34H,17-18H2,1-2H3,(H,32,35)/t19-,25+,26+,28+/m0/s1. The quantitative estimate of drug-likeness (QED) is 0.304. The molecule has 1 amide bonds. The molecule has 0 saturated carbocycles. The van der Waals surface area contributed by atoms with Crippen LogP contribution in [0.25, 0.3) is 0 Å². The molecule has 3 heterocycles. The third-order valence-electron chi connectivity index (χ3n) is 6.64. The minimum atomic E-state index is -0.580. The Kier molecular flexibility index (Phi) is 8.19. The van der Waals surface area contributed by atoms with Crippen LogP contribution in [-0.2, 0) is 23.1 Å². The van der Waals surface area contributed by atoms with Crippen molar-refractivity contribution in [1.82, 2.24) is 14.5 Å². The first-order valence-corrected chi connectivity index (χ1v) is 13.4. The first-order valence-electron chi connectivity index (χ1n) is 12.4. The fourth-order valence-corrected chi connectivity index (χ4v) is 5.48. The maximum atomic E-state index is 12.5. The average molecular weight is 531 g/mol. The summed E-state index contributed by atoms with van der Waals surface area (Å²) in [5.74, 6) is 0.579. The van der Waals surface area contributed by atoms with Gasteiger partial charge in [0.15, 0.2) is 11.4 Å². The van der Waals surface area contributed by atoms with E-state index >= 15 is 0 Å². The van der Waals surface area contributed by atoms with Gasteiger partial charge in [0.25, 0.3) is 5.91 Å². The smallest absolute Gasteiger partial charge is 0.257 e. The Hall–Kier alpha value is -3.50. The van der Waals surface area contributed by atoms with Crippen molar-refractivity contribution in [2.24, 2.45) is 13.0 Å². The number of pyridine rings is 1. The van der Waals surface area contributed by atoms with Crippen molar-refractivity contribution in [2.75, 3.05) is 11.1 Å².